The molecular weight excluding hydrogens is 366 g/mol. The number of hydrogen-bond donors (Lipinski definition) is 1. The number of thioether (sulfide) groups is 1. The average Bonchev–Trinajstić information content (AvgIpc) is 3.24. The van der Waals surface area contributed by atoms with Crippen LogP contribution in [0.25, 0.3) is 0 Å². The van der Waals surface area contributed by atoms with Gasteiger partial charge in [-0.05, 0) is 56.2 Å². The van der Waals surface area contributed by atoms with Crippen molar-refractivity contribution in [3.63, 3.8) is 0 Å². The standard InChI is InChI=1S/C19H21N3O2S2/c1-25-14-8-6-13(7-9-14)22-11-12(10-17(22)23)18(24)21-19-20-15-4-2-3-5-16(15)26-19/h6-9,12H,2-5,10-11H2,1H3,(H,20,21,24)/t12-/m1/s1. The van der Waals surface area contributed by atoms with Gasteiger partial charge < -0.3 is 10.2 Å². The molecule has 0 radical (unpaired) electrons. The fourth-order valence-corrected chi connectivity index (χ4v) is 4.97. The third-order valence-electron chi connectivity index (χ3n) is 4.96. The van der Waals surface area contributed by atoms with Gasteiger partial charge in [0.15, 0.2) is 5.13 Å². The summed E-state index contributed by atoms with van der Waals surface area (Å²) in [5.41, 5.74) is 1.99. The highest BCUT2D eigenvalue weighted by molar-refractivity contribution is 7.98. The maximum absolute atomic E-state index is 12.6. The first-order valence-corrected chi connectivity index (χ1v) is 10.9. The highest BCUT2D eigenvalue weighted by Crippen LogP contribution is 2.31. The van der Waals surface area contributed by atoms with Crippen molar-refractivity contribution in [2.75, 3.05) is 23.0 Å². The van der Waals surface area contributed by atoms with E-state index in [4.69, 9.17) is 0 Å². The molecule has 1 N–H and O–H groups in total. The first kappa shape index (κ1) is 17.5. The van der Waals surface area contributed by atoms with Gasteiger partial charge in [-0.15, -0.1) is 23.1 Å². The summed E-state index contributed by atoms with van der Waals surface area (Å²) in [7, 11) is 0. The largest absolute Gasteiger partial charge is 0.312 e. The molecule has 26 heavy (non-hydrogen) atoms. The topological polar surface area (TPSA) is 62.3 Å². The van der Waals surface area contributed by atoms with Crippen LogP contribution in [0.2, 0.25) is 0 Å². The van der Waals surface area contributed by atoms with Gasteiger partial charge in [-0.3, -0.25) is 9.59 Å². The Morgan fingerprint density at radius 2 is 2.04 bits per heavy atom. The third-order valence-corrected chi connectivity index (χ3v) is 6.77. The minimum Gasteiger partial charge on any atom is -0.312 e. The Labute approximate surface area is 161 Å². The fourth-order valence-electron chi connectivity index (χ4n) is 3.51. The van der Waals surface area contributed by atoms with E-state index < -0.39 is 0 Å². The van der Waals surface area contributed by atoms with Crippen LogP contribution in [0.5, 0.6) is 0 Å². The highest BCUT2D eigenvalue weighted by atomic mass is 32.2. The molecule has 4 rings (SSSR count). The maximum atomic E-state index is 12.6. The lowest BCUT2D eigenvalue weighted by Gasteiger charge is -2.16. The van der Waals surface area contributed by atoms with Crippen LogP contribution < -0.4 is 10.2 Å². The summed E-state index contributed by atoms with van der Waals surface area (Å²) < 4.78 is 0. The highest BCUT2D eigenvalue weighted by Gasteiger charge is 2.35. The summed E-state index contributed by atoms with van der Waals surface area (Å²) in [6.07, 6.45) is 6.71. The Morgan fingerprint density at radius 1 is 1.27 bits per heavy atom. The zero-order chi connectivity index (χ0) is 18.1. The second-order valence-electron chi connectivity index (χ2n) is 6.69. The smallest absolute Gasteiger partial charge is 0.231 e. The van der Waals surface area contributed by atoms with E-state index in [1.807, 2.05) is 30.5 Å². The van der Waals surface area contributed by atoms with Gasteiger partial charge in [-0.1, -0.05) is 0 Å². The second-order valence-corrected chi connectivity index (χ2v) is 8.65. The Bertz CT molecular complexity index is 808. The van der Waals surface area contributed by atoms with Crippen molar-refractivity contribution in [1.29, 1.82) is 0 Å². The number of anilines is 2. The number of benzene rings is 1. The maximum Gasteiger partial charge on any atom is 0.231 e. The van der Waals surface area contributed by atoms with E-state index in [0.717, 1.165) is 29.1 Å². The van der Waals surface area contributed by atoms with E-state index in [1.54, 1.807) is 28.0 Å². The number of carbonyl (C=O) groups excluding carboxylic acids is 2. The lowest BCUT2D eigenvalue weighted by atomic mass is 10.0. The van der Waals surface area contributed by atoms with Gasteiger partial charge >= 0.3 is 0 Å². The number of rotatable bonds is 4. The number of hydrogen-bond acceptors (Lipinski definition) is 5. The molecule has 5 nitrogen and oxygen atoms in total. The van der Waals surface area contributed by atoms with Crippen molar-refractivity contribution in [1.82, 2.24) is 4.98 Å². The van der Waals surface area contributed by atoms with Crippen molar-refractivity contribution in [3.05, 3.63) is 34.8 Å². The Hall–Kier alpha value is -1.86. The van der Waals surface area contributed by atoms with E-state index in [0.29, 0.717) is 11.7 Å². The van der Waals surface area contributed by atoms with Crippen molar-refractivity contribution < 1.29 is 9.59 Å². The van der Waals surface area contributed by atoms with Gasteiger partial charge in [0.25, 0.3) is 0 Å². The van der Waals surface area contributed by atoms with Crippen molar-refractivity contribution in [2.45, 2.75) is 37.0 Å². The zero-order valence-electron chi connectivity index (χ0n) is 14.7. The van der Waals surface area contributed by atoms with Crippen LogP contribution in [0, 0.1) is 5.92 Å². The van der Waals surface area contributed by atoms with E-state index in [-0.39, 0.29) is 24.2 Å². The number of nitrogens with zero attached hydrogens (tertiary/aromatic N) is 2. The molecule has 1 aromatic carbocycles. The van der Waals surface area contributed by atoms with Crippen molar-refractivity contribution in [2.24, 2.45) is 5.92 Å². The van der Waals surface area contributed by atoms with Crippen LogP contribution in [0.1, 0.15) is 29.8 Å². The molecule has 1 aliphatic heterocycles. The minimum atomic E-state index is -0.330. The number of nitrogens with one attached hydrogen (secondary N) is 1. The molecular formula is C19H21N3O2S2. The molecule has 1 aromatic heterocycles. The van der Waals surface area contributed by atoms with E-state index >= 15 is 0 Å². The SMILES string of the molecule is CSc1ccc(N2C[C@H](C(=O)Nc3nc4c(s3)CCCC4)CC2=O)cc1. The molecule has 0 spiro atoms. The molecule has 2 aliphatic rings. The summed E-state index contributed by atoms with van der Waals surface area (Å²) in [5, 5.41) is 3.62. The Balaban J connectivity index is 1.42. The molecule has 0 unspecified atom stereocenters. The molecule has 2 aromatic rings. The molecule has 1 atom stereocenters. The lowest BCUT2D eigenvalue weighted by molar-refractivity contribution is -0.122. The van der Waals surface area contributed by atoms with Crippen LogP contribution in [0.15, 0.2) is 29.2 Å². The van der Waals surface area contributed by atoms with E-state index in [2.05, 4.69) is 10.3 Å². The first-order chi connectivity index (χ1) is 12.6. The summed E-state index contributed by atoms with van der Waals surface area (Å²) >= 11 is 3.25. The van der Waals surface area contributed by atoms with Gasteiger partial charge in [-0.25, -0.2) is 4.98 Å². The number of fused-ring (bicyclic) bond motifs is 1. The van der Waals surface area contributed by atoms with Crippen molar-refractivity contribution in [3.8, 4) is 0 Å². The molecule has 2 heterocycles. The van der Waals surface area contributed by atoms with Crippen LogP contribution in [-0.4, -0.2) is 29.6 Å². The fraction of sp³-hybridized carbons (Fsp3) is 0.421. The number of amides is 2. The predicted molar refractivity (Wildman–Crippen MR) is 106 cm³/mol. The average molecular weight is 388 g/mol. The molecule has 1 fully saturated rings. The molecule has 1 aliphatic carbocycles. The van der Waals surface area contributed by atoms with Crippen LogP contribution in [0.3, 0.4) is 0 Å². The Kier molecular flexibility index (Phi) is 5.00. The van der Waals surface area contributed by atoms with E-state index in [1.165, 1.54) is 17.7 Å². The minimum absolute atomic E-state index is 0.000449. The number of thiazole rings is 1. The van der Waals surface area contributed by atoms with Crippen LogP contribution in [-0.2, 0) is 22.4 Å². The zero-order valence-corrected chi connectivity index (χ0v) is 16.3. The number of carbonyl (C=O) groups is 2. The van der Waals surface area contributed by atoms with Crippen molar-refractivity contribution >= 4 is 45.7 Å². The first-order valence-electron chi connectivity index (χ1n) is 8.88. The summed E-state index contributed by atoms with van der Waals surface area (Å²) in [6.45, 7) is 0.425. The quantitative estimate of drug-likeness (QED) is 0.812. The molecule has 2 amide bonds. The normalized spacial score (nSPS) is 19.5. The summed E-state index contributed by atoms with van der Waals surface area (Å²) in [4.78, 5) is 33.7. The van der Waals surface area contributed by atoms with E-state index in [9.17, 15) is 9.59 Å². The molecule has 0 saturated carbocycles. The number of aryl methyl sites for hydroxylation is 2. The molecule has 136 valence electrons. The molecule has 1 saturated heterocycles. The van der Waals surface area contributed by atoms with Gasteiger partial charge in [0, 0.05) is 28.4 Å². The Morgan fingerprint density at radius 3 is 2.77 bits per heavy atom. The molecule has 0 bridgehead atoms. The third kappa shape index (κ3) is 3.50. The van der Waals surface area contributed by atoms with Crippen LogP contribution >= 0.6 is 23.1 Å². The monoisotopic (exact) mass is 387 g/mol. The molecule has 7 heteroatoms. The summed E-state index contributed by atoms with van der Waals surface area (Å²) in [6, 6.07) is 7.89. The predicted octanol–water partition coefficient (Wildman–Crippen LogP) is 3.74. The second kappa shape index (κ2) is 7.40. The van der Waals surface area contributed by atoms with Gasteiger partial charge in [-0.2, -0.15) is 0 Å². The van der Waals surface area contributed by atoms with Gasteiger partial charge in [0.05, 0.1) is 11.6 Å². The van der Waals surface area contributed by atoms with Crippen LogP contribution in [0.4, 0.5) is 10.8 Å². The van der Waals surface area contributed by atoms with Gasteiger partial charge in [0.2, 0.25) is 11.8 Å². The summed E-state index contributed by atoms with van der Waals surface area (Å²) in [5.74, 6) is -0.433. The number of aromatic nitrogens is 1. The van der Waals surface area contributed by atoms with Gasteiger partial charge in [0.1, 0.15) is 0 Å². The lowest BCUT2D eigenvalue weighted by Crippen LogP contribution is -2.28.